The van der Waals surface area contributed by atoms with Crippen LogP contribution in [0.3, 0.4) is 0 Å². The second-order valence-corrected chi connectivity index (χ2v) is 4.93. The van der Waals surface area contributed by atoms with Gasteiger partial charge in [-0.3, -0.25) is 9.59 Å². The summed E-state index contributed by atoms with van der Waals surface area (Å²) >= 11 is 5.70. The first-order chi connectivity index (χ1) is 8.99. The molecule has 19 heavy (non-hydrogen) atoms. The molecule has 0 aliphatic carbocycles. The van der Waals surface area contributed by atoms with Crippen LogP contribution in [-0.4, -0.2) is 52.8 Å². The van der Waals surface area contributed by atoms with Crippen molar-refractivity contribution in [3.63, 3.8) is 0 Å². The molecule has 0 spiro atoms. The van der Waals surface area contributed by atoms with Crippen molar-refractivity contribution in [2.24, 2.45) is 5.92 Å². The van der Waals surface area contributed by atoms with Crippen LogP contribution in [0, 0.1) is 5.92 Å². The first-order valence-electron chi connectivity index (χ1n) is 6.34. The number of amides is 2. The molecule has 1 heterocycles. The molecule has 1 rings (SSSR count). The number of aliphatic carboxylic acids is 1. The van der Waals surface area contributed by atoms with Gasteiger partial charge in [-0.1, -0.05) is 0 Å². The van der Waals surface area contributed by atoms with E-state index in [4.69, 9.17) is 11.6 Å². The lowest BCUT2D eigenvalue weighted by atomic mass is 10.1. The molecule has 7 heteroatoms. The Morgan fingerprint density at radius 3 is 2.74 bits per heavy atom. The molecule has 2 N–H and O–H groups in total. The van der Waals surface area contributed by atoms with Crippen LogP contribution in [0.5, 0.6) is 0 Å². The second kappa shape index (κ2) is 7.33. The van der Waals surface area contributed by atoms with Gasteiger partial charge < -0.3 is 15.3 Å². The Kier molecular flexibility index (Phi) is 6.08. The molecule has 1 aliphatic rings. The molecule has 2 atom stereocenters. The van der Waals surface area contributed by atoms with Crippen molar-refractivity contribution in [2.45, 2.75) is 32.2 Å². The SMILES string of the molecule is CCNC(=O)CC[C@@H](C(=O)O)N1CC(CCl)CC1=O. The van der Waals surface area contributed by atoms with Crippen LogP contribution < -0.4 is 5.32 Å². The van der Waals surface area contributed by atoms with Gasteiger partial charge in [-0.05, 0) is 19.3 Å². The lowest BCUT2D eigenvalue weighted by Gasteiger charge is -2.24. The van der Waals surface area contributed by atoms with Gasteiger partial charge in [-0.15, -0.1) is 11.6 Å². The van der Waals surface area contributed by atoms with E-state index in [9.17, 15) is 19.5 Å². The van der Waals surface area contributed by atoms with E-state index < -0.39 is 12.0 Å². The van der Waals surface area contributed by atoms with Gasteiger partial charge in [-0.25, -0.2) is 4.79 Å². The summed E-state index contributed by atoms with van der Waals surface area (Å²) in [6.07, 6.45) is 0.510. The van der Waals surface area contributed by atoms with Crippen molar-refractivity contribution >= 4 is 29.4 Å². The van der Waals surface area contributed by atoms with Crippen LogP contribution >= 0.6 is 11.6 Å². The molecule has 0 aromatic carbocycles. The zero-order valence-electron chi connectivity index (χ0n) is 10.9. The van der Waals surface area contributed by atoms with Gasteiger partial charge >= 0.3 is 5.97 Å². The van der Waals surface area contributed by atoms with Crippen molar-refractivity contribution in [2.75, 3.05) is 19.0 Å². The quantitative estimate of drug-likeness (QED) is 0.666. The van der Waals surface area contributed by atoms with E-state index in [-0.39, 0.29) is 37.0 Å². The molecule has 1 aliphatic heterocycles. The largest absolute Gasteiger partial charge is 0.480 e. The highest BCUT2D eigenvalue weighted by atomic mass is 35.5. The Hall–Kier alpha value is -1.30. The van der Waals surface area contributed by atoms with Crippen molar-refractivity contribution < 1.29 is 19.5 Å². The zero-order valence-corrected chi connectivity index (χ0v) is 11.7. The maximum atomic E-state index is 11.8. The molecule has 1 saturated heterocycles. The minimum absolute atomic E-state index is 0.000449. The minimum Gasteiger partial charge on any atom is -0.480 e. The monoisotopic (exact) mass is 290 g/mol. The van der Waals surface area contributed by atoms with Gasteiger partial charge in [0, 0.05) is 31.8 Å². The van der Waals surface area contributed by atoms with E-state index in [0.717, 1.165) is 0 Å². The van der Waals surface area contributed by atoms with Crippen LogP contribution in [0.4, 0.5) is 0 Å². The number of likely N-dealkylation sites (tertiary alicyclic amines) is 1. The number of alkyl halides is 1. The molecular weight excluding hydrogens is 272 g/mol. The highest BCUT2D eigenvalue weighted by Crippen LogP contribution is 2.23. The average molecular weight is 291 g/mol. The molecule has 0 radical (unpaired) electrons. The number of rotatable bonds is 7. The third kappa shape index (κ3) is 4.38. The maximum Gasteiger partial charge on any atom is 0.326 e. The van der Waals surface area contributed by atoms with Gasteiger partial charge in [0.2, 0.25) is 11.8 Å². The molecule has 1 unspecified atom stereocenters. The average Bonchev–Trinajstić information content (AvgIpc) is 2.71. The van der Waals surface area contributed by atoms with Gasteiger partial charge in [-0.2, -0.15) is 0 Å². The van der Waals surface area contributed by atoms with Crippen molar-refractivity contribution in [3.05, 3.63) is 0 Å². The predicted molar refractivity (Wildman–Crippen MR) is 69.9 cm³/mol. The van der Waals surface area contributed by atoms with Crippen LogP contribution in [0.15, 0.2) is 0 Å². The van der Waals surface area contributed by atoms with E-state index in [1.807, 2.05) is 0 Å². The van der Waals surface area contributed by atoms with Gasteiger partial charge in [0.05, 0.1) is 0 Å². The molecule has 1 fully saturated rings. The fraction of sp³-hybridized carbons (Fsp3) is 0.750. The summed E-state index contributed by atoms with van der Waals surface area (Å²) < 4.78 is 0. The molecule has 0 aromatic heterocycles. The smallest absolute Gasteiger partial charge is 0.326 e. The molecular formula is C12H19ClN2O4. The molecule has 2 amide bonds. The number of hydrogen-bond donors (Lipinski definition) is 2. The van der Waals surface area contributed by atoms with E-state index >= 15 is 0 Å². The summed E-state index contributed by atoms with van der Waals surface area (Å²) in [7, 11) is 0. The van der Waals surface area contributed by atoms with Crippen molar-refractivity contribution in [1.29, 1.82) is 0 Å². The minimum atomic E-state index is -1.08. The number of carboxylic acid groups (broad SMARTS) is 1. The van der Waals surface area contributed by atoms with E-state index in [2.05, 4.69) is 5.32 Å². The number of nitrogens with zero attached hydrogens (tertiary/aromatic N) is 1. The molecule has 6 nitrogen and oxygen atoms in total. The summed E-state index contributed by atoms with van der Waals surface area (Å²) in [4.78, 5) is 35.7. The number of nitrogens with one attached hydrogen (secondary N) is 1. The normalized spacial score (nSPS) is 20.4. The summed E-state index contributed by atoms with van der Waals surface area (Å²) in [6.45, 7) is 2.66. The van der Waals surface area contributed by atoms with Gasteiger partial charge in [0.25, 0.3) is 0 Å². The predicted octanol–water partition coefficient (Wildman–Crippen LogP) is 0.443. The molecule has 108 valence electrons. The maximum absolute atomic E-state index is 11.8. The Labute approximate surface area is 117 Å². The van der Waals surface area contributed by atoms with Gasteiger partial charge in [0.15, 0.2) is 0 Å². The third-order valence-electron chi connectivity index (χ3n) is 3.14. The number of carbonyl (C=O) groups is 3. The van der Waals surface area contributed by atoms with E-state index in [0.29, 0.717) is 19.0 Å². The van der Waals surface area contributed by atoms with Crippen LogP contribution in [0.2, 0.25) is 0 Å². The zero-order chi connectivity index (χ0) is 14.4. The number of hydrogen-bond acceptors (Lipinski definition) is 3. The Bertz CT molecular complexity index is 362. The van der Waals surface area contributed by atoms with Crippen LogP contribution in [-0.2, 0) is 14.4 Å². The molecule has 0 aromatic rings. The van der Waals surface area contributed by atoms with Crippen molar-refractivity contribution in [1.82, 2.24) is 10.2 Å². The standard InChI is InChI=1S/C12H19ClN2O4/c1-2-14-10(16)4-3-9(12(18)19)15-7-8(6-13)5-11(15)17/h8-9H,2-7H2,1H3,(H,14,16)(H,18,19)/t8?,9-/m0/s1. The lowest BCUT2D eigenvalue weighted by Crippen LogP contribution is -2.43. The number of carboxylic acids is 1. The highest BCUT2D eigenvalue weighted by Gasteiger charge is 2.37. The highest BCUT2D eigenvalue weighted by molar-refractivity contribution is 6.18. The number of halogens is 1. The lowest BCUT2D eigenvalue weighted by molar-refractivity contribution is -0.148. The molecule has 0 saturated carbocycles. The number of carbonyl (C=O) groups excluding carboxylic acids is 2. The third-order valence-corrected chi connectivity index (χ3v) is 3.57. The van der Waals surface area contributed by atoms with E-state index in [1.165, 1.54) is 4.90 Å². The molecule has 0 bridgehead atoms. The Morgan fingerprint density at radius 2 is 2.26 bits per heavy atom. The van der Waals surface area contributed by atoms with Crippen LogP contribution in [0.1, 0.15) is 26.2 Å². The second-order valence-electron chi connectivity index (χ2n) is 4.62. The first-order valence-corrected chi connectivity index (χ1v) is 6.88. The van der Waals surface area contributed by atoms with Crippen molar-refractivity contribution in [3.8, 4) is 0 Å². The summed E-state index contributed by atoms with van der Waals surface area (Å²) in [5.74, 6) is -1.14. The first kappa shape index (κ1) is 15.8. The summed E-state index contributed by atoms with van der Waals surface area (Å²) in [5, 5.41) is 11.8. The topological polar surface area (TPSA) is 86.7 Å². The fourth-order valence-electron chi connectivity index (χ4n) is 2.18. The van der Waals surface area contributed by atoms with E-state index in [1.54, 1.807) is 6.92 Å². The summed E-state index contributed by atoms with van der Waals surface area (Å²) in [5.41, 5.74) is 0. The Balaban J connectivity index is 2.60. The van der Waals surface area contributed by atoms with Crippen LogP contribution in [0.25, 0.3) is 0 Å². The van der Waals surface area contributed by atoms with Gasteiger partial charge in [0.1, 0.15) is 6.04 Å². The Morgan fingerprint density at radius 1 is 1.58 bits per heavy atom. The fourth-order valence-corrected chi connectivity index (χ4v) is 2.39. The summed E-state index contributed by atoms with van der Waals surface area (Å²) in [6, 6.07) is -0.941.